The average molecular weight is 329 g/mol. The molecule has 1 fully saturated rings. The van der Waals surface area contributed by atoms with Crippen molar-refractivity contribution in [3.8, 4) is 0 Å². The molecule has 6 nitrogen and oxygen atoms in total. The molecule has 1 aliphatic heterocycles. The number of aromatic nitrogens is 2. The van der Waals surface area contributed by atoms with Crippen LogP contribution in [0.3, 0.4) is 0 Å². The van der Waals surface area contributed by atoms with Crippen molar-refractivity contribution in [2.24, 2.45) is 0 Å². The predicted octanol–water partition coefficient (Wildman–Crippen LogP) is 2.40. The second-order valence-corrected chi connectivity index (χ2v) is 5.79. The monoisotopic (exact) mass is 329 g/mol. The standard InChI is InChI=1S/C17H20FN5O/c18-14-3-1-13(2-4-14)11-20-17(24)23-9-6-15(7-10-23)22-16-5-8-19-12-21-16/h1-5,8,12,15H,6-7,9-11H2,(H,20,24)(H,19,21,22). The average Bonchev–Trinajstić information content (AvgIpc) is 2.62. The van der Waals surface area contributed by atoms with Gasteiger partial charge in [0.05, 0.1) is 0 Å². The molecule has 1 aromatic carbocycles. The Morgan fingerprint density at radius 3 is 2.62 bits per heavy atom. The van der Waals surface area contributed by atoms with Crippen LogP contribution >= 0.6 is 0 Å². The maximum atomic E-state index is 12.9. The number of rotatable bonds is 4. The molecule has 2 aromatic rings. The molecular weight excluding hydrogens is 309 g/mol. The van der Waals surface area contributed by atoms with E-state index in [2.05, 4.69) is 20.6 Å². The molecule has 24 heavy (non-hydrogen) atoms. The zero-order valence-electron chi connectivity index (χ0n) is 13.3. The van der Waals surface area contributed by atoms with E-state index in [9.17, 15) is 9.18 Å². The van der Waals surface area contributed by atoms with Crippen molar-refractivity contribution in [2.45, 2.75) is 25.4 Å². The quantitative estimate of drug-likeness (QED) is 0.904. The summed E-state index contributed by atoms with van der Waals surface area (Å²) in [5, 5.41) is 6.23. The minimum Gasteiger partial charge on any atom is -0.367 e. The Labute approximate surface area is 140 Å². The summed E-state index contributed by atoms with van der Waals surface area (Å²) < 4.78 is 12.9. The second-order valence-electron chi connectivity index (χ2n) is 5.79. The van der Waals surface area contributed by atoms with Gasteiger partial charge >= 0.3 is 6.03 Å². The molecule has 0 unspecified atom stereocenters. The molecule has 1 aromatic heterocycles. The van der Waals surface area contributed by atoms with Crippen LogP contribution in [0.2, 0.25) is 0 Å². The Kier molecular flexibility index (Phi) is 5.20. The number of likely N-dealkylation sites (tertiary alicyclic amines) is 1. The van der Waals surface area contributed by atoms with Gasteiger partial charge in [-0.2, -0.15) is 0 Å². The van der Waals surface area contributed by atoms with Crippen LogP contribution in [0.4, 0.5) is 15.0 Å². The summed E-state index contributed by atoms with van der Waals surface area (Å²) in [4.78, 5) is 22.1. The van der Waals surface area contributed by atoms with E-state index in [-0.39, 0.29) is 11.8 Å². The van der Waals surface area contributed by atoms with Crippen molar-refractivity contribution in [1.82, 2.24) is 20.2 Å². The van der Waals surface area contributed by atoms with E-state index in [1.807, 2.05) is 11.0 Å². The van der Waals surface area contributed by atoms with Crippen LogP contribution in [0.1, 0.15) is 18.4 Å². The molecule has 1 aliphatic rings. The lowest BCUT2D eigenvalue weighted by Gasteiger charge is -2.32. The molecule has 0 saturated carbocycles. The number of benzene rings is 1. The SMILES string of the molecule is O=C(NCc1ccc(F)cc1)N1CCC(Nc2ccncn2)CC1. The van der Waals surface area contributed by atoms with Gasteiger partial charge in [-0.1, -0.05) is 12.1 Å². The van der Waals surface area contributed by atoms with Gasteiger partial charge in [-0.25, -0.2) is 19.2 Å². The minimum atomic E-state index is -0.275. The molecule has 1 saturated heterocycles. The third-order valence-electron chi connectivity index (χ3n) is 4.07. The van der Waals surface area contributed by atoms with Crippen molar-refractivity contribution in [3.05, 3.63) is 54.2 Å². The van der Waals surface area contributed by atoms with E-state index in [1.54, 1.807) is 18.3 Å². The fraction of sp³-hybridized carbons (Fsp3) is 0.353. The first-order valence-corrected chi connectivity index (χ1v) is 8.00. The number of anilines is 1. The van der Waals surface area contributed by atoms with E-state index in [4.69, 9.17) is 0 Å². The molecule has 126 valence electrons. The lowest BCUT2D eigenvalue weighted by atomic mass is 10.1. The summed E-state index contributed by atoms with van der Waals surface area (Å²) in [6.07, 6.45) is 4.95. The van der Waals surface area contributed by atoms with Crippen molar-refractivity contribution < 1.29 is 9.18 Å². The van der Waals surface area contributed by atoms with Crippen molar-refractivity contribution >= 4 is 11.8 Å². The minimum absolute atomic E-state index is 0.0835. The molecule has 3 rings (SSSR count). The molecule has 0 radical (unpaired) electrons. The first-order valence-electron chi connectivity index (χ1n) is 8.00. The molecule has 0 bridgehead atoms. The summed E-state index contributed by atoms with van der Waals surface area (Å²) in [7, 11) is 0. The number of nitrogens with one attached hydrogen (secondary N) is 2. The zero-order valence-corrected chi connectivity index (χ0v) is 13.3. The molecule has 2 amide bonds. The van der Waals surface area contributed by atoms with Gasteiger partial charge in [0, 0.05) is 31.9 Å². The number of halogens is 1. The largest absolute Gasteiger partial charge is 0.367 e. The molecular formula is C17H20FN5O. The Morgan fingerprint density at radius 2 is 1.96 bits per heavy atom. The van der Waals surface area contributed by atoms with Gasteiger partial charge in [0.2, 0.25) is 0 Å². The third kappa shape index (κ3) is 4.41. The topological polar surface area (TPSA) is 70.2 Å². The van der Waals surface area contributed by atoms with Gasteiger partial charge in [0.1, 0.15) is 18.0 Å². The zero-order chi connectivity index (χ0) is 16.8. The number of amides is 2. The van der Waals surface area contributed by atoms with E-state index in [1.165, 1.54) is 18.5 Å². The Morgan fingerprint density at radius 1 is 1.21 bits per heavy atom. The number of urea groups is 1. The van der Waals surface area contributed by atoms with Crippen LogP contribution < -0.4 is 10.6 Å². The van der Waals surface area contributed by atoms with Crippen LogP contribution in [-0.4, -0.2) is 40.0 Å². The van der Waals surface area contributed by atoms with Crippen LogP contribution in [0.25, 0.3) is 0 Å². The number of hydrogen-bond acceptors (Lipinski definition) is 4. The van der Waals surface area contributed by atoms with E-state index in [0.29, 0.717) is 25.7 Å². The van der Waals surface area contributed by atoms with Gasteiger partial charge in [0.25, 0.3) is 0 Å². The molecule has 0 spiro atoms. The third-order valence-corrected chi connectivity index (χ3v) is 4.07. The van der Waals surface area contributed by atoms with Gasteiger partial charge in [-0.3, -0.25) is 0 Å². The Hall–Kier alpha value is -2.70. The molecule has 2 heterocycles. The van der Waals surface area contributed by atoms with Gasteiger partial charge in [0.15, 0.2) is 0 Å². The maximum absolute atomic E-state index is 12.9. The Bertz CT molecular complexity index is 656. The molecule has 7 heteroatoms. The number of carbonyl (C=O) groups is 1. The van der Waals surface area contributed by atoms with Gasteiger partial charge < -0.3 is 15.5 Å². The van der Waals surface area contributed by atoms with Crippen LogP contribution in [0, 0.1) is 5.82 Å². The highest BCUT2D eigenvalue weighted by Gasteiger charge is 2.22. The second kappa shape index (κ2) is 7.72. The maximum Gasteiger partial charge on any atom is 0.317 e. The lowest BCUT2D eigenvalue weighted by Crippen LogP contribution is -2.46. The fourth-order valence-electron chi connectivity index (χ4n) is 2.70. The van der Waals surface area contributed by atoms with E-state index >= 15 is 0 Å². The van der Waals surface area contributed by atoms with Crippen LogP contribution in [0.5, 0.6) is 0 Å². The lowest BCUT2D eigenvalue weighted by molar-refractivity contribution is 0.183. The van der Waals surface area contributed by atoms with Crippen molar-refractivity contribution in [2.75, 3.05) is 18.4 Å². The van der Waals surface area contributed by atoms with Crippen molar-refractivity contribution in [3.63, 3.8) is 0 Å². The van der Waals surface area contributed by atoms with Crippen LogP contribution in [-0.2, 0) is 6.54 Å². The van der Waals surface area contributed by atoms with Crippen molar-refractivity contribution in [1.29, 1.82) is 0 Å². The predicted molar refractivity (Wildman–Crippen MR) is 88.9 cm³/mol. The number of hydrogen-bond donors (Lipinski definition) is 2. The summed E-state index contributed by atoms with van der Waals surface area (Å²) in [6.45, 7) is 1.79. The number of nitrogens with zero attached hydrogens (tertiary/aromatic N) is 3. The summed E-state index contributed by atoms with van der Waals surface area (Å²) in [5.41, 5.74) is 0.880. The van der Waals surface area contributed by atoms with Gasteiger partial charge in [-0.05, 0) is 36.6 Å². The first-order chi connectivity index (χ1) is 11.7. The molecule has 2 N–H and O–H groups in total. The smallest absolute Gasteiger partial charge is 0.317 e. The summed E-state index contributed by atoms with van der Waals surface area (Å²) in [6, 6.07) is 8.20. The first kappa shape index (κ1) is 16.2. The summed E-state index contributed by atoms with van der Waals surface area (Å²) >= 11 is 0. The number of carbonyl (C=O) groups excluding carboxylic acids is 1. The van der Waals surface area contributed by atoms with E-state index < -0.39 is 0 Å². The Balaban J connectivity index is 1.42. The summed E-state index contributed by atoms with van der Waals surface area (Å²) in [5.74, 6) is 0.535. The highest BCUT2D eigenvalue weighted by atomic mass is 19.1. The van der Waals surface area contributed by atoms with Crippen LogP contribution in [0.15, 0.2) is 42.9 Å². The highest BCUT2D eigenvalue weighted by Crippen LogP contribution is 2.15. The van der Waals surface area contributed by atoms with Gasteiger partial charge in [-0.15, -0.1) is 0 Å². The number of piperidine rings is 1. The molecule has 0 atom stereocenters. The fourth-order valence-corrected chi connectivity index (χ4v) is 2.70. The van der Waals surface area contributed by atoms with E-state index in [0.717, 1.165) is 24.2 Å². The molecule has 0 aliphatic carbocycles. The normalized spacial score (nSPS) is 15.1. The highest BCUT2D eigenvalue weighted by molar-refractivity contribution is 5.74.